The summed E-state index contributed by atoms with van der Waals surface area (Å²) in [5.74, 6) is 0.849. The Kier molecular flexibility index (Phi) is 4.53. The average Bonchev–Trinajstić information content (AvgIpc) is 2.39. The molecule has 102 valence electrons. The predicted molar refractivity (Wildman–Crippen MR) is 73.3 cm³/mol. The number of nitro groups is 1. The van der Waals surface area contributed by atoms with E-state index >= 15 is 0 Å². The maximum absolute atomic E-state index is 10.9. The van der Waals surface area contributed by atoms with Gasteiger partial charge in [-0.15, -0.1) is 0 Å². The van der Waals surface area contributed by atoms with Crippen LogP contribution in [0.25, 0.3) is 0 Å². The second kappa shape index (κ2) is 6.15. The molecule has 0 radical (unpaired) electrons. The molecule has 0 aromatic heterocycles. The van der Waals surface area contributed by atoms with Crippen molar-refractivity contribution in [2.45, 2.75) is 38.0 Å². The summed E-state index contributed by atoms with van der Waals surface area (Å²) >= 11 is 5.41. The van der Waals surface area contributed by atoms with Crippen molar-refractivity contribution < 1.29 is 9.72 Å². The highest BCUT2D eigenvalue weighted by Gasteiger charge is 2.23. The van der Waals surface area contributed by atoms with Gasteiger partial charge in [0.15, 0.2) is 0 Å². The first-order valence-corrected chi connectivity index (χ1v) is 6.86. The lowest BCUT2D eigenvalue weighted by atomic mass is 9.78. The van der Waals surface area contributed by atoms with Crippen LogP contribution in [0.3, 0.4) is 0 Å². The maximum Gasteiger partial charge on any atom is 0.269 e. The lowest BCUT2D eigenvalue weighted by Crippen LogP contribution is -2.15. The van der Waals surface area contributed by atoms with Crippen LogP contribution in [0.2, 0.25) is 0 Å². The molecule has 0 spiro atoms. The van der Waals surface area contributed by atoms with Crippen LogP contribution in [-0.2, 0) is 4.79 Å². The number of benzene rings is 1. The molecule has 0 heterocycles. The third kappa shape index (κ3) is 3.77. The Morgan fingerprint density at radius 2 is 1.79 bits per heavy atom. The monoisotopic (exact) mass is 281 g/mol. The molecule has 1 saturated carbocycles. The van der Waals surface area contributed by atoms with E-state index in [9.17, 15) is 14.9 Å². The van der Waals surface area contributed by atoms with Crippen molar-refractivity contribution >= 4 is 22.5 Å². The van der Waals surface area contributed by atoms with Crippen molar-refractivity contribution in [3.63, 3.8) is 0 Å². The number of carbonyl (C=O) groups is 1. The van der Waals surface area contributed by atoms with Gasteiger partial charge in [0.1, 0.15) is 0 Å². The third-order valence-corrected chi connectivity index (χ3v) is 4.03. The molecule has 0 saturated heterocycles. The molecule has 1 aliphatic carbocycles. The van der Waals surface area contributed by atoms with E-state index in [2.05, 4.69) is 0 Å². The molecule has 0 bridgehead atoms. The van der Waals surface area contributed by atoms with Gasteiger partial charge < -0.3 is 0 Å². The van der Waals surface area contributed by atoms with Crippen LogP contribution in [-0.4, -0.2) is 10.2 Å². The molecular formula is C14H16ClNO3. The molecule has 1 aromatic carbocycles. The highest BCUT2D eigenvalue weighted by atomic mass is 35.5. The zero-order valence-electron chi connectivity index (χ0n) is 10.5. The van der Waals surface area contributed by atoms with Crippen LogP contribution in [0, 0.1) is 16.0 Å². The van der Waals surface area contributed by atoms with Crippen molar-refractivity contribution in [1.82, 2.24) is 0 Å². The number of hydrogen-bond donors (Lipinski definition) is 0. The van der Waals surface area contributed by atoms with Crippen LogP contribution in [0.1, 0.15) is 43.6 Å². The molecule has 19 heavy (non-hydrogen) atoms. The molecular weight excluding hydrogens is 266 g/mol. The van der Waals surface area contributed by atoms with Gasteiger partial charge in [0.05, 0.1) is 4.92 Å². The molecule has 4 nitrogen and oxygen atoms in total. The van der Waals surface area contributed by atoms with Gasteiger partial charge >= 0.3 is 0 Å². The lowest BCUT2D eigenvalue weighted by Gasteiger charge is -2.27. The van der Waals surface area contributed by atoms with Crippen LogP contribution in [0.5, 0.6) is 0 Å². The topological polar surface area (TPSA) is 60.2 Å². The summed E-state index contributed by atoms with van der Waals surface area (Å²) in [6, 6.07) is 6.80. The first kappa shape index (κ1) is 14.0. The molecule has 0 amide bonds. The first-order chi connectivity index (χ1) is 9.06. The Hall–Kier alpha value is -1.42. The molecule has 5 heteroatoms. The summed E-state index contributed by atoms with van der Waals surface area (Å²) in [5, 5.41) is 10.3. The number of halogens is 1. The fraction of sp³-hybridized carbons (Fsp3) is 0.500. The van der Waals surface area contributed by atoms with E-state index in [4.69, 9.17) is 11.6 Å². The number of nitrogens with zero attached hydrogens (tertiary/aromatic N) is 1. The maximum atomic E-state index is 10.9. The predicted octanol–water partition coefficient (Wildman–Crippen LogP) is 4.02. The van der Waals surface area contributed by atoms with E-state index in [1.54, 1.807) is 12.1 Å². The third-order valence-electron chi connectivity index (χ3n) is 3.87. The second-order valence-electron chi connectivity index (χ2n) is 5.13. The second-order valence-corrected chi connectivity index (χ2v) is 5.55. The van der Waals surface area contributed by atoms with Gasteiger partial charge in [-0.3, -0.25) is 14.9 Å². The minimum atomic E-state index is -0.382. The minimum Gasteiger partial charge on any atom is -0.281 e. The Morgan fingerprint density at radius 3 is 2.26 bits per heavy atom. The molecule has 0 N–H and O–H groups in total. The summed E-state index contributed by atoms with van der Waals surface area (Å²) in [6.07, 6.45) is 4.51. The zero-order chi connectivity index (χ0) is 13.8. The molecule has 2 rings (SSSR count). The number of carbonyl (C=O) groups excluding carboxylic acids is 1. The normalized spacial score (nSPS) is 23.0. The van der Waals surface area contributed by atoms with Gasteiger partial charge in [0.2, 0.25) is 5.24 Å². The lowest BCUT2D eigenvalue weighted by molar-refractivity contribution is -0.384. The quantitative estimate of drug-likeness (QED) is 0.476. The zero-order valence-corrected chi connectivity index (χ0v) is 11.3. The van der Waals surface area contributed by atoms with Crippen LogP contribution in [0.15, 0.2) is 24.3 Å². The van der Waals surface area contributed by atoms with Gasteiger partial charge in [-0.25, -0.2) is 0 Å². The SMILES string of the molecule is O=C(Cl)CC1CCC(c2ccc([N+](=O)[O-])cc2)CC1. The van der Waals surface area contributed by atoms with Crippen molar-refractivity contribution in [1.29, 1.82) is 0 Å². The van der Waals surface area contributed by atoms with Gasteiger partial charge in [-0.2, -0.15) is 0 Å². The Balaban J connectivity index is 1.94. The Bertz CT molecular complexity index is 464. The van der Waals surface area contributed by atoms with E-state index in [1.165, 1.54) is 0 Å². The number of hydrogen-bond acceptors (Lipinski definition) is 3. The number of nitro benzene ring substituents is 1. The van der Waals surface area contributed by atoms with Crippen molar-refractivity contribution in [3.8, 4) is 0 Å². The molecule has 1 aromatic rings. The van der Waals surface area contributed by atoms with E-state index in [0.29, 0.717) is 18.3 Å². The standard InChI is InChI=1S/C14H16ClNO3/c15-14(17)9-10-1-3-11(4-2-10)12-5-7-13(8-6-12)16(18)19/h5-8,10-11H,1-4,9H2. The van der Waals surface area contributed by atoms with Gasteiger partial charge in [-0.1, -0.05) is 12.1 Å². The summed E-state index contributed by atoms with van der Waals surface area (Å²) in [5.41, 5.74) is 1.28. The largest absolute Gasteiger partial charge is 0.281 e. The van der Waals surface area contributed by atoms with E-state index in [-0.39, 0.29) is 15.9 Å². The van der Waals surface area contributed by atoms with E-state index in [0.717, 1.165) is 31.2 Å². The minimum absolute atomic E-state index is 0.130. The van der Waals surface area contributed by atoms with E-state index in [1.807, 2.05) is 12.1 Å². The average molecular weight is 282 g/mol. The van der Waals surface area contributed by atoms with Crippen LogP contribution in [0.4, 0.5) is 5.69 Å². The smallest absolute Gasteiger partial charge is 0.269 e. The van der Waals surface area contributed by atoms with Gasteiger partial charge in [-0.05, 0) is 54.7 Å². The van der Waals surface area contributed by atoms with Gasteiger partial charge in [0.25, 0.3) is 5.69 Å². The van der Waals surface area contributed by atoms with Crippen LogP contribution >= 0.6 is 11.6 Å². The molecule has 0 aliphatic heterocycles. The van der Waals surface area contributed by atoms with Gasteiger partial charge in [0, 0.05) is 18.6 Å². The van der Waals surface area contributed by atoms with Crippen molar-refractivity contribution in [2.24, 2.45) is 5.92 Å². The summed E-state index contributed by atoms with van der Waals surface area (Å²) in [4.78, 5) is 21.1. The summed E-state index contributed by atoms with van der Waals surface area (Å²) in [7, 11) is 0. The molecule has 0 unspecified atom stereocenters. The summed E-state index contributed by atoms with van der Waals surface area (Å²) in [6.45, 7) is 0. The van der Waals surface area contributed by atoms with Crippen molar-refractivity contribution in [3.05, 3.63) is 39.9 Å². The molecule has 1 aliphatic rings. The Morgan fingerprint density at radius 1 is 1.21 bits per heavy atom. The highest BCUT2D eigenvalue weighted by Crippen LogP contribution is 2.37. The fourth-order valence-corrected chi connectivity index (χ4v) is 3.01. The molecule has 0 atom stereocenters. The van der Waals surface area contributed by atoms with Crippen LogP contribution < -0.4 is 0 Å². The Labute approximate surface area is 116 Å². The molecule has 1 fully saturated rings. The number of non-ortho nitro benzene ring substituents is 1. The highest BCUT2D eigenvalue weighted by molar-refractivity contribution is 6.63. The number of rotatable bonds is 4. The van der Waals surface area contributed by atoms with Crippen molar-refractivity contribution in [2.75, 3.05) is 0 Å². The first-order valence-electron chi connectivity index (χ1n) is 6.49. The fourth-order valence-electron chi connectivity index (χ4n) is 2.80. The van der Waals surface area contributed by atoms with E-state index < -0.39 is 0 Å². The summed E-state index contributed by atoms with van der Waals surface area (Å²) < 4.78 is 0.